The molecule has 1 aliphatic rings. The van der Waals surface area contributed by atoms with Crippen LogP contribution in [-0.2, 0) is 22.9 Å². The van der Waals surface area contributed by atoms with E-state index in [0.717, 1.165) is 29.5 Å². The van der Waals surface area contributed by atoms with Gasteiger partial charge in [0.1, 0.15) is 4.90 Å². The summed E-state index contributed by atoms with van der Waals surface area (Å²) in [6.07, 6.45) is 4.58. The average molecular weight is 497 g/mol. The first kappa shape index (κ1) is 24.3. The minimum absolute atomic E-state index is 0.0515. The lowest BCUT2D eigenvalue weighted by molar-refractivity contribution is 0.0939. The number of amides is 1. The van der Waals surface area contributed by atoms with Gasteiger partial charge in [-0.3, -0.25) is 9.52 Å². The van der Waals surface area contributed by atoms with Gasteiger partial charge in [-0.2, -0.15) is 0 Å². The highest BCUT2D eigenvalue weighted by Crippen LogP contribution is 2.27. The molecule has 0 unspecified atom stereocenters. The van der Waals surface area contributed by atoms with E-state index in [0.29, 0.717) is 5.69 Å². The molecule has 0 heterocycles. The van der Waals surface area contributed by atoms with Gasteiger partial charge in [0.15, 0.2) is 0 Å². The van der Waals surface area contributed by atoms with Gasteiger partial charge < -0.3 is 5.32 Å². The Labute approximate surface area is 206 Å². The predicted molar refractivity (Wildman–Crippen MR) is 137 cm³/mol. The van der Waals surface area contributed by atoms with E-state index >= 15 is 0 Å². The molecule has 0 bridgehead atoms. The van der Waals surface area contributed by atoms with Crippen LogP contribution < -0.4 is 10.0 Å². The highest BCUT2D eigenvalue weighted by molar-refractivity contribution is 7.92. The number of nitrogens with one attached hydrogen (secondary N) is 2. The largest absolute Gasteiger partial charge is 0.346 e. The zero-order valence-electron chi connectivity index (χ0n) is 19.6. The average Bonchev–Trinajstić information content (AvgIpc) is 2.81. The summed E-state index contributed by atoms with van der Waals surface area (Å²) in [5.41, 5.74) is 6.47. The molecule has 3 aromatic rings. The smallest absolute Gasteiger partial charge is 0.263 e. The van der Waals surface area contributed by atoms with Crippen molar-refractivity contribution in [3.05, 3.63) is 93.0 Å². The second-order valence-corrected chi connectivity index (χ2v) is 11.0. The molecule has 5 nitrogen and oxygen atoms in total. The molecular formula is C27H29ClN2O3S. The summed E-state index contributed by atoms with van der Waals surface area (Å²) in [7, 11) is -3.98. The standard InChI is InChI=1S/C27H29ClN2O3S/c1-17-8-12-24(14-18(17)2)30-34(32,33)26-16-23(11-13-25(26)28)27(31)29-19(3)21-10-9-20-6-4-5-7-22(20)15-21/h8-16,19,30H,4-7H2,1-3H3,(H,29,31)/t19-/m1/s1. The van der Waals surface area contributed by atoms with Crippen molar-refractivity contribution in [1.82, 2.24) is 5.32 Å². The first-order valence-corrected chi connectivity index (χ1v) is 13.3. The number of sulfonamides is 1. The van der Waals surface area contributed by atoms with Crippen molar-refractivity contribution in [3.8, 4) is 0 Å². The minimum atomic E-state index is -3.98. The number of rotatable bonds is 6. The minimum Gasteiger partial charge on any atom is -0.346 e. The van der Waals surface area contributed by atoms with Gasteiger partial charge in [-0.25, -0.2) is 8.42 Å². The topological polar surface area (TPSA) is 75.3 Å². The molecule has 0 fully saturated rings. The van der Waals surface area contributed by atoms with Crippen LogP contribution in [0.3, 0.4) is 0 Å². The molecule has 0 saturated heterocycles. The van der Waals surface area contributed by atoms with Crippen LogP contribution in [0.15, 0.2) is 59.5 Å². The second-order valence-electron chi connectivity index (χ2n) is 8.98. The van der Waals surface area contributed by atoms with Gasteiger partial charge in [-0.1, -0.05) is 35.9 Å². The van der Waals surface area contributed by atoms with E-state index in [-0.39, 0.29) is 27.4 Å². The number of halogens is 1. The molecular weight excluding hydrogens is 468 g/mol. The predicted octanol–water partition coefficient (Wildman–Crippen LogP) is 6.13. The van der Waals surface area contributed by atoms with E-state index < -0.39 is 10.0 Å². The number of anilines is 1. The first-order chi connectivity index (χ1) is 16.1. The number of benzene rings is 3. The Morgan fingerprint density at radius 3 is 2.38 bits per heavy atom. The Morgan fingerprint density at radius 2 is 1.65 bits per heavy atom. The molecule has 7 heteroatoms. The Balaban J connectivity index is 1.53. The third-order valence-corrected chi connectivity index (χ3v) is 8.33. The molecule has 1 amide bonds. The van der Waals surface area contributed by atoms with Crippen molar-refractivity contribution >= 4 is 33.2 Å². The monoisotopic (exact) mass is 496 g/mol. The molecule has 2 N–H and O–H groups in total. The van der Waals surface area contributed by atoms with Gasteiger partial charge in [-0.15, -0.1) is 0 Å². The van der Waals surface area contributed by atoms with Gasteiger partial charge >= 0.3 is 0 Å². The Kier molecular flexibility index (Phi) is 7.01. The lowest BCUT2D eigenvalue weighted by Crippen LogP contribution is -2.27. The van der Waals surface area contributed by atoms with Crippen LogP contribution in [0.4, 0.5) is 5.69 Å². The Hall–Kier alpha value is -2.83. The summed E-state index contributed by atoms with van der Waals surface area (Å²) in [5.74, 6) is -0.357. The Bertz CT molecular complexity index is 1350. The van der Waals surface area contributed by atoms with Crippen LogP contribution in [0.5, 0.6) is 0 Å². The van der Waals surface area contributed by atoms with Crippen LogP contribution in [0, 0.1) is 13.8 Å². The maximum Gasteiger partial charge on any atom is 0.263 e. The summed E-state index contributed by atoms with van der Waals surface area (Å²) in [6, 6.07) is 15.8. The fraction of sp³-hybridized carbons (Fsp3) is 0.296. The molecule has 1 aliphatic carbocycles. The lowest BCUT2D eigenvalue weighted by Gasteiger charge is -2.20. The van der Waals surface area contributed by atoms with Gasteiger partial charge in [-0.05, 0) is 105 Å². The normalized spacial score (nSPS) is 14.2. The summed E-state index contributed by atoms with van der Waals surface area (Å²) < 4.78 is 28.7. The van der Waals surface area contributed by atoms with Crippen LogP contribution in [0.1, 0.15) is 64.0 Å². The molecule has 3 aromatic carbocycles. The van der Waals surface area contributed by atoms with Crippen LogP contribution in [-0.4, -0.2) is 14.3 Å². The van der Waals surface area contributed by atoms with E-state index in [1.54, 1.807) is 12.1 Å². The highest BCUT2D eigenvalue weighted by Gasteiger charge is 2.22. The third-order valence-electron chi connectivity index (χ3n) is 6.46. The van der Waals surface area contributed by atoms with Crippen LogP contribution in [0.25, 0.3) is 0 Å². The van der Waals surface area contributed by atoms with Crippen molar-refractivity contribution in [2.24, 2.45) is 0 Å². The van der Waals surface area contributed by atoms with Crippen molar-refractivity contribution < 1.29 is 13.2 Å². The number of fused-ring (bicyclic) bond motifs is 1. The summed E-state index contributed by atoms with van der Waals surface area (Å²) in [5, 5.41) is 3.04. The molecule has 178 valence electrons. The lowest BCUT2D eigenvalue weighted by atomic mass is 9.89. The van der Waals surface area contributed by atoms with Crippen molar-refractivity contribution in [3.63, 3.8) is 0 Å². The molecule has 0 spiro atoms. The third kappa shape index (κ3) is 5.29. The molecule has 0 radical (unpaired) electrons. The molecule has 4 rings (SSSR count). The van der Waals surface area contributed by atoms with Crippen LogP contribution >= 0.6 is 11.6 Å². The molecule has 0 aromatic heterocycles. The molecule has 34 heavy (non-hydrogen) atoms. The fourth-order valence-electron chi connectivity index (χ4n) is 4.25. The van der Waals surface area contributed by atoms with E-state index in [2.05, 4.69) is 28.2 Å². The van der Waals surface area contributed by atoms with E-state index in [4.69, 9.17) is 11.6 Å². The second kappa shape index (κ2) is 9.80. The van der Waals surface area contributed by atoms with Gasteiger partial charge in [0, 0.05) is 11.3 Å². The fourth-order valence-corrected chi connectivity index (χ4v) is 5.83. The molecule has 0 saturated carbocycles. The summed E-state index contributed by atoms with van der Waals surface area (Å²) in [6.45, 7) is 5.80. The molecule has 0 aliphatic heterocycles. The quantitative estimate of drug-likeness (QED) is 0.431. The summed E-state index contributed by atoms with van der Waals surface area (Å²) >= 11 is 6.23. The van der Waals surface area contributed by atoms with Gasteiger partial charge in [0.2, 0.25) is 0 Å². The zero-order chi connectivity index (χ0) is 24.5. The maximum atomic E-state index is 13.0. The number of hydrogen-bond acceptors (Lipinski definition) is 3. The summed E-state index contributed by atoms with van der Waals surface area (Å²) in [4.78, 5) is 12.8. The van der Waals surface area contributed by atoms with E-state index in [1.807, 2.05) is 26.8 Å². The van der Waals surface area contributed by atoms with E-state index in [1.165, 1.54) is 42.2 Å². The first-order valence-electron chi connectivity index (χ1n) is 11.5. The molecule has 1 atom stereocenters. The van der Waals surface area contributed by atoms with Gasteiger partial charge in [0.25, 0.3) is 15.9 Å². The van der Waals surface area contributed by atoms with Crippen molar-refractivity contribution in [2.45, 2.75) is 57.4 Å². The number of hydrogen-bond donors (Lipinski definition) is 2. The van der Waals surface area contributed by atoms with E-state index in [9.17, 15) is 13.2 Å². The van der Waals surface area contributed by atoms with Crippen molar-refractivity contribution in [2.75, 3.05) is 4.72 Å². The van der Waals surface area contributed by atoms with Gasteiger partial charge in [0.05, 0.1) is 11.1 Å². The number of aryl methyl sites for hydroxylation is 4. The number of carbonyl (C=O) groups excluding carboxylic acids is 1. The highest BCUT2D eigenvalue weighted by atomic mass is 35.5. The van der Waals surface area contributed by atoms with Crippen LogP contribution in [0.2, 0.25) is 5.02 Å². The maximum absolute atomic E-state index is 13.0. The Morgan fingerprint density at radius 1 is 0.912 bits per heavy atom. The van der Waals surface area contributed by atoms with Crippen molar-refractivity contribution in [1.29, 1.82) is 0 Å². The zero-order valence-corrected chi connectivity index (χ0v) is 21.2. The number of carbonyl (C=O) groups is 1. The SMILES string of the molecule is Cc1ccc(NS(=O)(=O)c2cc(C(=O)N[C@H](C)c3ccc4c(c3)CCCC4)ccc2Cl)cc1C.